The van der Waals surface area contributed by atoms with Crippen LogP contribution in [-0.4, -0.2) is 50.7 Å². The van der Waals surface area contributed by atoms with Crippen molar-refractivity contribution in [2.45, 2.75) is 32.5 Å². The van der Waals surface area contributed by atoms with Crippen molar-refractivity contribution >= 4 is 16.2 Å². The van der Waals surface area contributed by atoms with E-state index in [1.807, 2.05) is 0 Å². The van der Waals surface area contributed by atoms with Crippen molar-refractivity contribution in [1.82, 2.24) is 5.32 Å². The lowest BCUT2D eigenvalue weighted by Gasteiger charge is -2.20. The number of hydrogen-bond acceptors (Lipinski definition) is 6. The third-order valence-corrected chi connectivity index (χ3v) is 1.92. The van der Waals surface area contributed by atoms with Crippen LogP contribution in [-0.2, 0) is 19.0 Å². The van der Waals surface area contributed by atoms with E-state index in [9.17, 15) is 18.3 Å². The first kappa shape index (κ1) is 16.1. The van der Waals surface area contributed by atoms with Crippen LogP contribution >= 0.6 is 0 Å². The molecule has 17 heavy (non-hydrogen) atoms. The van der Waals surface area contributed by atoms with Crippen molar-refractivity contribution in [1.29, 1.82) is 0 Å². The van der Waals surface area contributed by atoms with E-state index in [1.54, 1.807) is 20.8 Å². The Balaban J connectivity index is 3.85. The van der Waals surface area contributed by atoms with E-state index in [0.717, 1.165) is 6.26 Å². The van der Waals surface area contributed by atoms with Gasteiger partial charge in [-0.05, 0) is 20.8 Å². The highest BCUT2D eigenvalue weighted by atomic mass is 32.2. The Hall–Kier alpha value is -0.860. The second kappa shape index (κ2) is 6.18. The minimum absolute atomic E-state index is 0.148. The van der Waals surface area contributed by atoms with Crippen LogP contribution in [0.1, 0.15) is 20.8 Å². The van der Waals surface area contributed by atoms with Gasteiger partial charge in [0.15, 0.2) is 0 Å². The molecule has 0 aliphatic rings. The monoisotopic (exact) mass is 269 g/mol. The Morgan fingerprint density at radius 2 is 1.94 bits per heavy atom. The molecule has 1 unspecified atom stereocenters. The van der Waals surface area contributed by atoms with E-state index in [0.29, 0.717) is 0 Å². The van der Waals surface area contributed by atoms with Crippen LogP contribution in [0.25, 0.3) is 0 Å². The number of rotatable bonds is 5. The number of aliphatic hydroxyl groups is 1. The van der Waals surface area contributed by atoms with Gasteiger partial charge in [0, 0.05) is 6.54 Å². The van der Waals surface area contributed by atoms with Gasteiger partial charge >= 0.3 is 6.09 Å². The summed E-state index contributed by atoms with van der Waals surface area (Å²) in [5, 5.41) is 11.6. The van der Waals surface area contributed by atoms with Crippen molar-refractivity contribution in [2.75, 3.05) is 19.4 Å². The molecule has 0 heterocycles. The van der Waals surface area contributed by atoms with Crippen LogP contribution in [0.15, 0.2) is 0 Å². The van der Waals surface area contributed by atoms with Gasteiger partial charge in [-0.15, -0.1) is 0 Å². The quantitative estimate of drug-likeness (QED) is 0.673. The number of aliphatic hydroxyl groups excluding tert-OH is 1. The lowest BCUT2D eigenvalue weighted by atomic mass is 10.2. The van der Waals surface area contributed by atoms with E-state index < -0.39 is 34.5 Å². The maximum Gasteiger partial charge on any atom is 0.407 e. The molecule has 0 aromatic heterocycles. The second-order valence-corrected chi connectivity index (χ2v) is 6.17. The molecule has 0 radical (unpaired) electrons. The Kier molecular flexibility index (Phi) is 5.86. The van der Waals surface area contributed by atoms with Gasteiger partial charge in [-0.2, -0.15) is 8.42 Å². The molecule has 1 atom stereocenters. The van der Waals surface area contributed by atoms with Crippen molar-refractivity contribution in [3.05, 3.63) is 0 Å². The number of nitrogens with one attached hydrogen (secondary N) is 1. The zero-order valence-corrected chi connectivity index (χ0v) is 11.2. The maximum absolute atomic E-state index is 11.2. The minimum atomic E-state index is -3.59. The van der Waals surface area contributed by atoms with Gasteiger partial charge in [-0.3, -0.25) is 4.18 Å². The molecule has 0 saturated heterocycles. The molecule has 0 spiro atoms. The highest BCUT2D eigenvalue weighted by Gasteiger charge is 2.17. The minimum Gasteiger partial charge on any atom is -0.444 e. The third kappa shape index (κ3) is 11.4. The van der Waals surface area contributed by atoms with Crippen LogP contribution in [0.3, 0.4) is 0 Å². The topological polar surface area (TPSA) is 102 Å². The number of hydrogen-bond donors (Lipinski definition) is 2. The first-order chi connectivity index (χ1) is 7.49. The smallest absolute Gasteiger partial charge is 0.407 e. The molecule has 0 aliphatic heterocycles. The Morgan fingerprint density at radius 3 is 2.35 bits per heavy atom. The molecule has 2 N–H and O–H groups in total. The summed E-state index contributed by atoms with van der Waals surface area (Å²) >= 11 is 0. The molecule has 102 valence electrons. The maximum atomic E-state index is 11.2. The molecule has 0 aromatic carbocycles. The van der Waals surface area contributed by atoms with Crippen LogP contribution in [0.4, 0.5) is 4.79 Å². The van der Waals surface area contributed by atoms with E-state index in [1.165, 1.54) is 0 Å². The Bertz CT molecular complexity index is 345. The van der Waals surface area contributed by atoms with Gasteiger partial charge in [-0.1, -0.05) is 0 Å². The Labute approximate surface area is 101 Å². The van der Waals surface area contributed by atoms with Crippen molar-refractivity contribution in [3.8, 4) is 0 Å². The average molecular weight is 269 g/mol. The number of ether oxygens (including phenoxy) is 1. The summed E-state index contributed by atoms with van der Waals surface area (Å²) in [5.41, 5.74) is -0.627. The molecule has 0 fully saturated rings. The van der Waals surface area contributed by atoms with Crippen molar-refractivity contribution in [2.24, 2.45) is 0 Å². The van der Waals surface area contributed by atoms with Gasteiger partial charge in [-0.25, -0.2) is 4.79 Å². The largest absolute Gasteiger partial charge is 0.444 e. The lowest BCUT2D eigenvalue weighted by Crippen LogP contribution is -2.38. The summed E-state index contributed by atoms with van der Waals surface area (Å²) in [4.78, 5) is 11.2. The molecule has 0 bridgehead atoms. The van der Waals surface area contributed by atoms with Gasteiger partial charge in [0.05, 0.1) is 19.0 Å². The lowest BCUT2D eigenvalue weighted by molar-refractivity contribution is 0.0466. The van der Waals surface area contributed by atoms with E-state index in [-0.39, 0.29) is 6.54 Å². The van der Waals surface area contributed by atoms with Crippen LogP contribution in [0, 0.1) is 0 Å². The normalized spacial score (nSPS) is 14.2. The molecule has 8 heteroatoms. The van der Waals surface area contributed by atoms with Crippen LogP contribution in [0.5, 0.6) is 0 Å². The first-order valence-corrected chi connectivity index (χ1v) is 6.80. The second-order valence-electron chi connectivity index (χ2n) is 4.53. The number of amides is 1. The fourth-order valence-corrected chi connectivity index (χ4v) is 1.18. The summed E-state index contributed by atoms with van der Waals surface area (Å²) in [6, 6.07) is 0. The molecule has 0 aromatic rings. The van der Waals surface area contributed by atoms with Crippen molar-refractivity contribution < 1.29 is 27.2 Å². The molecule has 0 rings (SSSR count). The highest BCUT2D eigenvalue weighted by Crippen LogP contribution is 2.06. The highest BCUT2D eigenvalue weighted by molar-refractivity contribution is 7.85. The zero-order valence-electron chi connectivity index (χ0n) is 10.4. The summed E-state index contributed by atoms with van der Waals surface area (Å²) in [7, 11) is -3.59. The molecular weight excluding hydrogens is 250 g/mol. The van der Waals surface area contributed by atoms with Crippen molar-refractivity contribution in [3.63, 3.8) is 0 Å². The summed E-state index contributed by atoms with van der Waals surface area (Å²) < 4.78 is 30.5. The molecule has 7 nitrogen and oxygen atoms in total. The number of carbonyl (C=O) groups is 1. The predicted octanol–water partition coefficient (Wildman–Crippen LogP) is -0.152. The molecule has 0 aliphatic carbocycles. The first-order valence-electron chi connectivity index (χ1n) is 4.99. The van der Waals surface area contributed by atoms with E-state index in [2.05, 4.69) is 9.50 Å². The Morgan fingerprint density at radius 1 is 1.41 bits per heavy atom. The van der Waals surface area contributed by atoms with E-state index >= 15 is 0 Å². The van der Waals surface area contributed by atoms with Crippen LogP contribution in [0.2, 0.25) is 0 Å². The number of carbonyl (C=O) groups excluding carboxylic acids is 1. The third-order valence-electron chi connectivity index (χ3n) is 1.36. The molecular formula is C9H19NO6S. The summed E-state index contributed by atoms with van der Waals surface area (Å²) in [5.74, 6) is 0. The van der Waals surface area contributed by atoms with Gasteiger partial charge in [0.1, 0.15) is 5.60 Å². The standard InChI is InChI=1S/C9H19NO6S/c1-9(2,3)16-8(12)10-5-7(11)6-15-17(4,13)14/h7,11H,5-6H2,1-4H3,(H,10,12). The SMILES string of the molecule is CC(C)(C)OC(=O)NCC(O)COS(C)(=O)=O. The number of alkyl carbamates (subject to hydrolysis) is 1. The molecule has 0 saturated carbocycles. The van der Waals surface area contributed by atoms with Gasteiger partial charge in [0.25, 0.3) is 10.1 Å². The van der Waals surface area contributed by atoms with Gasteiger partial charge < -0.3 is 15.2 Å². The fraction of sp³-hybridized carbons (Fsp3) is 0.889. The van der Waals surface area contributed by atoms with E-state index in [4.69, 9.17) is 4.74 Å². The average Bonchev–Trinajstić information content (AvgIpc) is 2.07. The summed E-state index contributed by atoms with van der Waals surface area (Å²) in [6.45, 7) is 4.56. The van der Waals surface area contributed by atoms with Gasteiger partial charge in [0.2, 0.25) is 0 Å². The van der Waals surface area contributed by atoms with Crippen LogP contribution < -0.4 is 5.32 Å². The summed E-state index contributed by atoms with van der Waals surface area (Å²) in [6.07, 6.45) is -0.922. The fourth-order valence-electron chi connectivity index (χ4n) is 0.776. The zero-order chi connectivity index (χ0) is 13.7. The predicted molar refractivity (Wildman–Crippen MR) is 61.0 cm³/mol. The molecule has 1 amide bonds.